The first-order chi connectivity index (χ1) is 16.4. The third kappa shape index (κ3) is 5.63. The quantitative estimate of drug-likeness (QED) is 0.317. The number of likely N-dealkylation sites (tertiary alicyclic amines) is 1. The minimum absolute atomic E-state index is 0.0653. The second-order valence-corrected chi connectivity index (χ2v) is 9.47. The Morgan fingerprint density at radius 1 is 1.03 bits per heavy atom. The van der Waals surface area contributed by atoms with Crippen LogP contribution in [0, 0.1) is 5.95 Å². The maximum Gasteiger partial charge on any atom is 0.416 e. The van der Waals surface area contributed by atoms with Gasteiger partial charge in [-0.15, -0.1) is 0 Å². The molecular formula is C25H26F4N4O2. The van der Waals surface area contributed by atoms with E-state index in [4.69, 9.17) is 4.74 Å². The lowest BCUT2D eigenvalue weighted by molar-refractivity contribution is -0.137. The normalized spacial score (nSPS) is 15.3. The zero-order valence-corrected chi connectivity index (χ0v) is 19.6. The number of carbonyl (C=O) groups excluding carboxylic acids is 1. The molecule has 1 saturated heterocycles. The van der Waals surface area contributed by atoms with Crippen molar-refractivity contribution in [3.63, 3.8) is 0 Å². The summed E-state index contributed by atoms with van der Waals surface area (Å²) in [6.07, 6.45) is -2.02. The molecule has 35 heavy (non-hydrogen) atoms. The van der Waals surface area contributed by atoms with Gasteiger partial charge in [-0.2, -0.15) is 17.6 Å². The minimum atomic E-state index is -4.45. The molecule has 0 unspecified atom stereocenters. The number of rotatable bonds is 3. The van der Waals surface area contributed by atoms with Gasteiger partial charge in [-0.3, -0.25) is 0 Å². The number of aromatic nitrogens is 3. The molecule has 6 nitrogen and oxygen atoms in total. The van der Waals surface area contributed by atoms with Crippen LogP contribution in [0.15, 0.2) is 48.8 Å². The summed E-state index contributed by atoms with van der Waals surface area (Å²) in [6.45, 7) is 6.35. The van der Waals surface area contributed by atoms with Crippen LogP contribution >= 0.6 is 0 Å². The van der Waals surface area contributed by atoms with E-state index in [2.05, 4.69) is 9.97 Å². The predicted octanol–water partition coefficient (Wildman–Crippen LogP) is 6.34. The van der Waals surface area contributed by atoms with Crippen molar-refractivity contribution in [1.82, 2.24) is 19.4 Å². The molecule has 1 aromatic carbocycles. The van der Waals surface area contributed by atoms with Crippen molar-refractivity contribution in [2.75, 3.05) is 13.1 Å². The Balaban J connectivity index is 1.65. The number of piperidine rings is 1. The average Bonchev–Trinajstić information content (AvgIpc) is 3.23. The molecule has 0 bridgehead atoms. The number of carbonyl (C=O) groups is 1. The summed E-state index contributed by atoms with van der Waals surface area (Å²) in [7, 11) is 0. The smallest absolute Gasteiger partial charge is 0.416 e. The van der Waals surface area contributed by atoms with Crippen LogP contribution in [-0.4, -0.2) is 44.2 Å². The molecule has 1 aliphatic heterocycles. The number of nitrogens with zero attached hydrogens (tertiary/aromatic N) is 4. The van der Waals surface area contributed by atoms with Crippen molar-refractivity contribution < 1.29 is 27.1 Å². The first-order valence-electron chi connectivity index (χ1n) is 11.3. The Morgan fingerprint density at radius 3 is 2.26 bits per heavy atom. The monoisotopic (exact) mass is 490 g/mol. The van der Waals surface area contributed by atoms with Crippen LogP contribution in [0.5, 0.6) is 0 Å². The van der Waals surface area contributed by atoms with Gasteiger partial charge in [-0.1, -0.05) is 18.2 Å². The highest BCUT2D eigenvalue weighted by atomic mass is 19.4. The lowest BCUT2D eigenvalue weighted by Gasteiger charge is -2.34. The molecule has 1 fully saturated rings. The molecule has 0 saturated carbocycles. The second kappa shape index (κ2) is 9.31. The summed E-state index contributed by atoms with van der Waals surface area (Å²) in [5.41, 5.74) is 0.355. The number of ether oxygens (including phenoxy) is 1. The van der Waals surface area contributed by atoms with Crippen LogP contribution in [0.3, 0.4) is 0 Å². The number of pyridine rings is 1. The molecule has 3 heterocycles. The fraction of sp³-hybridized carbons (Fsp3) is 0.400. The van der Waals surface area contributed by atoms with Crippen molar-refractivity contribution in [3.05, 3.63) is 60.3 Å². The van der Waals surface area contributed by atoms with Crippen LogP contribution < -0.4 is 0 Å². The second-order valence-electron chi connectivity index (χ2n) is 9.47. The van der Waals surface area contributed by atoms with Crippen molar-refractivity contribution in [2.24, 2.45) is 0 Å². The molecule has 1 amide bonds. The fourth-order valence-electron chi connectivity index (χ4n) is 4.11. The molecule has 4 rings (SSSR count). The third-order valence-corrected chi connectivity index (χ3v) is 5.75. The predicted molar refractivity (Wildman–Crippen MR) is 122 cm³/mol. The molecule has 186 valence electrons. The molecule has 3 aromatic rings. The van der Waals surface area contributed by atoms with E-state index in [0.717, 1.165) is 12.1 Å². The maximum absolute atomic E-state index is 14.0. The average molecular weight is 491 g/mol. The van der Waals surface area contributed by atoms with Crippen LogP contribution in [0.25, 0.3) is 22.6 Å². The SMILES string of the molecule is CC(C)(C)OC(=O)N1CCC(n2cnc(-c3ccc(C(F)(F)F)cc3)c2-c2cccc(F)n2)CC1. The molecule has 0 spiro atoms. The highest BCUT2D eigenvalue weighted by molar-refractivity contribution is 5.77. The standard InChI is InChI=1S/C25H26F4N4O2/c1-24(2,3)35-23(34)32-13-11-18(12-14-32)33-15-30-21(22(33)19-5-4-6-20(26)31-19)16-7-9-17(10-8-16)25(27,28)29/h4-10,15,18H,11-14H2,1-3H3. The van der Waals surface area contributed by atoms with Crippen LogP contribution in [0.4, 0.5) is 22.4 Å². The highest BCUT2D eigenvalue weighted by Gasteiger charge is 2.32. The van der Waals surface area contributed by atoms with E-state index in [1.54, 1.807) is 17.3 Å². The van der Waals surface area contributed by atoms with Gasteiger partial charge in [-0.05, 0) is 57.9 Å². The Morgan fingerprint density at radius 2 is 1.69 bits per heavy atom. The highest BCUT2D eigenvalue weighted by Crippen LogP contribution is 2.37. The molecule has 0 atom stereocenters. The molecular weight excluding hydrogens is 464 g/mol. The van der Waals surface area contributed by atoms with Gasteiger partial charge in [0.15, 0.2) is 0 Å². The van der Waals surface area contributed by atoms with Gasteiger partial charge < -0.3 is 14.2 Å². The molecule has 0 radical (unpaired) electrons. The topological polar surface area (TPSA) is 60.2 Å². The van der Waals surface area contributed by atoms with Crippen LogP contribution in [0.1, 0.15) is 45.2 Å². The Hall–Kier alpha value is -3.43. The lowest BCUT2D eigenvalue weighted by atomic mass is 10.0. The van der Waals surface area contributed by atoms with E-state index in [1.807, 2.05) is 25.3 Å². The summed E-state index contributed by atoms with van der Waals surface area (Å²) >= 11 is 0. The number of amides is 1. The van der Waals surface area contributed by atoms with Crippen molar-refractivity contribution in [1.29, 1.82) is 0 Å². The third-order valence-electron chi connectivity index (χ3n) is 5.75. The van der Waals surface area contributed by atoms with Gasteiger partial charge >= 0.3 is 12.3 Å². The van der Waals surface area contributed by atoms with Gasteiger partial charge in [0.2, 0.25) is 5.95 Å². The van der Waals surface area contributed by atoms with Gasteiger partial charge in [0, 0.05) is 24.7 Å². The van der Waals surface area contributed by atoms with Crippen molar-refractivity contribution in [2.45, 2.75) is 51.4 Å². The van der Waals surface area contributed by atoms with E-state index in [-0.39, 0.29) is 12.1 Å². The van der Waals surface area contributed by atoms with Gasteiger partial charge in [0.1, 0.15) is 5.60 Å². The van der Waals surface area contributed by atoms with Crippen molar-refractivity contribution >= 4 is 6.09 Å². The summed E-state index contributed by atoms with van der Waals surface area (Å²) in [4.78, 5) is 22.6. The van der Waals surface area contributed by atoms with E-state index >= 15 is 0 Å². The van der Waals surface area contributed by atoms with Gasteiger partial charge in [-0.25, -0.2) is 14.8 Å². The number of alkyl halides is 3. The Kier molecular flexibility index (Phi) is 6.57. The zero-order valence-electron chi connectivity index (χ0n) is 19.6. The molecule has 10 heteroatoms. The minimum Gasteiger partial charge on any atom is -0.444 e. The maximum atomic E-state index is 14.0. The van der Waals surface area contributed by atoms with Gasteiger partial charge in [0.25, 0.3) is 0 Å². The summed E-state index contributed by atoms with van der Waals surface area (Å²) < 4.78 is 60.4. The molecule has 1 aliphatic rings. The van der Waals surface area contributed by atoms with E-state index < -0.39 is 23.3 Å². The number of benzene rings is 1. The first-order valence-corrected chi connectivity index (χ1v) is 11.3. The molecule has 0 N–H and O–H groups in total. The zero-order chi connectivity index (χ0) is 25.4. The van der Waals surface area contributed by atoms with Crippen molar-refractivity contribution in [3.8, 4) is 22.6 Å². The number of halogens is 4. The largest absolute Gasteiger partial charge is 0.444 e. The number of imidazole rings is 1. The summed E-state index contributed by atoms with van der Waals surface area (Å²) in [6, 6.07) is 9.02. The Labute approximate surface area is 200 Å². The fourth-order valence-corrected chi connectivity index (χ4v) is 4.11. The van der Waals surface area contributed by atoms with Crippen LogP contribution in [0.2, 0.25) is 0 Å². The molecule has 0 aliphatic carbocycles. The van der Waals surface area contributed by atoms with E-state index in [0.29, 0.717) is 48.6 Å². The number of hydrogen-bond acceptors (Lipinski definition) is 4. The number of hydrogen-bond donors (Lipinski definition) is 0. The van der Waals surface area contributed by atoms with E-state index in [9.17, 15) is 22.4 Å². The van der Waals surface area contributed by atoms with Gasteiger partial charge in [0.05, 0.1) is 29.0 Å². The first kappa shape index (κ1) is 24.7. The lowest BCUT2D eigenvalue weighted by Crippen LogP contribution is -2.42. The van der Waals surface area contributed by atoms with Crippen LogP contribution in [-0.2, 0) is 10.9 Å². The Bertz CT molecular complexity index is 1190. The van der Waals surface area contributed by atoms with E-state index in [1.165, 1.54) is 24.3 Å². The summed E-state index contributed by atoms with van der Waals surface area (Å²) in [5.74, 6) is -0.673. The summed E-state index contributed by atoms with van der Waals surface area (Å²) in [5, 5.41) is 0. The molecule has 2 aromatic heterocycles.